The van der Waals surface area contributed by atoms with Crippen molar-refractivity contribution in [2.45, 2.75) is 26.7 Å². The third-order valence-electron chi connectivity index (χ3n) is 2.81. The van der Waals surface area contributed by atoms with Gasteiger partial charge in [0, 0.05) is 11.5 Å². The van der Waals surface area contributed by atoms with Crippen LogP contribution in [0.2, 0.25) is 0 Å². The summed E-state index contributed by atoms with van der Waals surface area (Å²) in [7, 11) is 0. The van der Waals surface area contributed by atoms with E-state index in [1.165, 1.54) is 10.7 Å². The molecule has 0 aliphatic rings. The van der Waals surface area contributed by atoms with Gasteiger partial charge in [0.2, 0.25) is 0 Å². The smallest absolute Gasteiger partial charge is 0.375 e. The molecule has 1 aromatic heterocycles. The van der Waals surface area contributed by atoms with E-state index < -0.39 is 5.97 Å². The van der Waals surface area contributed by atoms with Crippen molar-refractivity contribution in [1.82, 2.24) is 14.8 Å². The second-order valence-electron chi connectivity index (χ2n) is 4.55. The van der Waals surface area contributed by atoms with E-state index in [9.17, 15) is 9.18 Å². The Hall–Kier alpha value is -2.24. The molecule has 0 spiro atoms. The normalized spacial score (nSPS) is 11.0. The highest BCUT2D eigenvalue weighted by Gasteiger charge is 2.20. The standard InChI is InChI=1S/C13H14FN3O2/c1-7(2)12-15-11(13(18)19)16-17(12)10-6-4-5-9(14)8(10)3/h4-7H,1-3H3,(H,18,19). The lowest BCUT2D eigenvalue weighted by Crippen LogP contribution is -2.07. The van der Waals surface area contributed by atoms with Gasteiger partial charge in [-0.05, 0) is 19.1 Å². The predicted molar refractivity (Wildman–Crippen MR) is 67.1 cm³/mol. The summed E-state index contributed by atoms with van der Waals surface area (Å²) in [6.45, 7) is 5.37. The number of aromatic nitrogens is 3. The highest BCUT2D eigenvalue weighted by atomic mass is 19.1. The highest BCUT2D eigenvalue weighted by Crippen LogP contribution is 2.21. The summed E-state index contributed by atoms with van der Waals surface area (Å²) in [6.07, 6.45) is 0. The Bertz CT molecular complexity index is 635. The zero-order valence-electron chi connectivity index (χ0n) is 10.9. The van der Waals surface area contributed by atoms with Gasteiger partial charge >= 0.3 is 5.97 Å². The molecule has 0 amide bonds. The van der Waals surface area contributed by atoms with Crippen molar-refractivity contribution in [1.29, 1.82) is 0 Å². The quantitative estimate of drug-likeness (QED) is 0.924. The molecule has 1 aromatic carbocycles. The van der Waals surface area contributed by atoms with Crippen LogP contribution in [-0.2, 0) is 0 Å². The van der Waals surface area contributed by atoms with E-state index in [4.69, 9.17) is 5.11 Å². The number of carbonyl (C=O) groups is 1. The van der Waals surface area contributed by atoms with Gasteiger partial charge in [-0.2, -0.15) is 0 Å². The third kappa shape index (κ3) is 2.33. The maximum absolute atomic E-state index is 13.6. The maximum Gasteiger partial charge on any atom is 0.375 e. The van der Waals surface area contributed by atoms with Crippen LogP contribution in [0, 0.1) is 12.7 Å². The number of rotatable bonds is 3. The van der Waals surface area contributed by atoms with Crippen molar-refractivity contribution in [3.63, 3.8) is 0 Å². The number of aromatic carboxylic acids is 1. The molecule has 0 saturated carbocycles. The van der Waals surface area contributed by atoms with Crippen LogP contribution in [0.25, 0.3) is 5.69 Å². The molecular weight excluding hydrogens is 249 g/mol. The lowest BCUT2D eigenvalue weighted by atomic mass is 10.1. The first kappa shape index (κ1) is 13.2. The van der Waals surface area contributed by atoms with E-state index in [0.29, 0.717) is 17.1 Å². The van der Waals surface area contributed by atoms with Crippen LogP contribution in [0.15, 0.2) is 18.2 Å². The van der Waals surface area contributed by atoms with Gasteiger partial charge in [0.25, 0.3) is 5.82 Å². The Labute approximate surface area is 109 Å². The number of carboxylic acids is 1. The van der Waals surface area contributed by atoms with E-state index in [1.54, 1.807) is 19.1 Å². The van der Waals surface area contributed by atoms with Gasteiger partial charge in [-0.1, -0.05) is 19.9 Å². The van der Waals surface area contributed by atoms with E-state index >= 15 is 0 Å². The molecule has 2 aromatic rings. The molecule has 6 heteroatoms. The van der Waals surface area contributed by atoms with Crippen LogP contribution in [0.5, 0.6) is 0 Å². The van der Waals surface area contributed by atoms with Crippen LogP contribution >= 0.6 is 0 Å². The Kier molecular flexibility index (Phi) is 3.33. The molecule has 2 rings (SSSR count). The minimum atomic E-state index is -1.20. The van der Waals surface area contributed by atoms with E-state index in [1.807, 2.05) is 13.8 Å². The molecule has 0 aliphatic heterocycles. The van der Waals surface area contributed by atoms with E-state index in [2.05, 4.69) is 10.1 Å². The SMILES string of the molecule is Cc1c(F)cccc1-n1nc(C(=O)O)nc1C(C)C. The molecule has 1 heterocycles. The Morgan fingerprint density at radius 3 is 2.68 bits per heavy atom. The zero-order chi connectivity index (χ0) is 14.2. The summed E-state index contributed by atoms with van der Waals surface area (Å²) in [6, 6.07) is 4.59. The summed E-state index contributed by atoms with van der Waals surface area (Å²) >= 11 is 0. The lowest BCUT2D eigenvalue weighted by Gasteiger charge is -2.11. The summed E-state index contributed by atoms with van der Waals surface area (Å²) in [5.41, 5.74) is 0.912. The molecule has 0 radical (unpaired) electrons. The van der Waals surface area contributed by atoms with Crippen molar-refractivity contribution in [3.8, 4) is 5.69 Å². The van der Waals surface area contributed by atoms with Gasteiger partial charge in [0.1, 0.15) is 11.6 Å². The monoisotopic (exact) mass is 263 g/mol. The van der Waals surface area contributed by atoms with Crippen molar-refractivity contribution in [2.24, 2.45) is 0 Å². The number of hydrogen-bond donors (Lipinski definition) is 1. The first-order chi connectivity index (χ1) is 8.91. The molecule has 1 N–H and O–H groups in total. The van der Waals surface area contributed by atoms with Crippen molar-refractivity contribution >= 4 is 5.97 Å². The van der Waals surface area contributed by atoms with Crippen molar-refractivity contribution in [2.75, 3.05) is 0 Å². The molecule has 5 nitrogen and oxygen atoms in total. The van der Waals surface area contributed by atoms with E-state index in [0.717, 1.165) is 0 Å². The molecule has 0 atom stereocenters. The topological polar surface area (TPSA) is 68.0 Å². The average Bonchev–Trinajstić information content (AvgIpc) is 2.77. The fourth-order valence-corrected chi connectivity index (χ4v) is 1.79. The molecule has 0 unspecified atom stereocenters. The van der Waals surface area contributed by atoms with Crippen LogP contribution in [0.3, 0.4) is 0 Å². The van der Waals surface area contributed by atoms with Crippen LogP contribution < -0.4 is 0 Å². The Morgan fingerprint density at radius 2 is 2.11 bits per heavy atom. The Morgan fingerprint density at radius 1 is 1.42 bits per heavy atom. The second-order valence-corrected chi connectivity index (χ2v) is 4.55. The molecule has 0 saturated heterocycles. The van der Waals surface area contributed by atoms with Gasteiger partial charge in [0.15, 0.2) is 0 Å². The Balaban J connectivity index is 2.67. The van der Waals surface area contributed by atoms with Crippen molar-refractivity contribution in [3.05, 3.63) is 41.2 Å². The van der Waals surface area contributed by atoms with Gasteiger partial charge in [-0.15, -0.1) is 5.10 Å². The molecule has 0 bridgehead atoms. The fourth-order valence-electron chi connectivity index (χ4n) is 1.79. The van der Waals surface area contributed by atoms with Gasteiger partial charge in [-0.25, -0.2) is 18.9 Å². The minimum Gasteiger partial charge on any atom is -0.475 e. The second kappa shape index (κ2) is 4.79. The molecule has 100 valence electrons. The summed E-state index contributed by atoms with van der Waals surface area (Å²) in [4.78, 5) is 14.9. The lowest BCUT2D eigenvalue weighted by molar-refractivity contribution is 0.0683. The molecule has 0 aliphatic carbocycles. The minimum absolute atomic E-state index is 0.0248. The summed E-state index contributed by atoms with van der Waals surface area (Å²) in [5, 5.41) is 12.9. The number of halogens is 1. The predicted octanol–water partition coefficient (Wildman–Crippen LogP) is 2.54. The first-order valence-corrected chi connectivity index (χ1v) is 5.87. The molecule has 0 fully saturated rings. The van der Waals surface area contributed by atoms with E-state index in [-0.39, 0.29) is 17.6 Å². The van der Waals surface area contributed by atoms with Crippen LogP contribution in [-0.4, -0.2) is 25.8 Å². The fraction of sp³-hybridized carbons (Fsp3) is 0.308. The van der Waals surface area contributed by atoms with Crippen LogP contribution in [0.1, 0.15) is 41.8 Å². The van der Waals surface area contributed by atoms with Crippen LogP contribution in [0.4, 0.5) is 4.39 Å². The zero-order valence-corrected chi connectivity index (χ0v) is 10.9. The van der Waals surface area contributed by atoms with Gasteiger partial charge in [0.05, 0.1) is 5.69 Å². The number of nitrogens with zero attached hydrogens (tertiary/aromatic N) is 3. The van der Waals surface area contributed by atoms with Crippen molar-refractivity contribution < 1.29 is 14.3 Å². The number of benzene rings is 1. The molecular formula is C13H14FN3O2. The molecule has 19 heavy (non-hydrogen) atoms. The third-order valence-corrected chi connectivity index (χ3v) is 2.81. The van der Waals surface area contributed by atoms with Gasteiger partial charge in [-0.3, -0.25) is 0 Å². The largest absolute Gasteiger partial charge is 0.475 e. The average molecular weight is 263 g/mol. The summed E-state index contributed by atoms with van der Waals surface area (Å²) < 4.78 is 15.0. The first-order valence-electron chi connectivity index (χ1n) is 5.87. The maximum atomic E-state index is 13.6. The summed E-state index contributed by atoms with van der Waals surface area (Å²) in [5.74, 6) is -1.38. The number of carboxylic acid groups (broad SMARTS) is 1. The highest BCUT2D eigenvalue weighted by molar-refractivity contribution is 5.83. The van der Waals surface area contributed by atoms with Gasteiger partial charge < -0.3 is 5.11 Å². The number of hydrogen-bond acceptors (Lipinski definition) is 3.